The van der Waals surface area contributed by atoms with Gasteiger partial charge in [0.1, 0.15) is 11.6 Å². The normalized spacial score (nSPS) is 17.7. The van der Waals surface area contributed by atoms with E-state index in [1.165, 1.54) is 11.3 Å². The molecule has 0 saturated carbocycles. The van der Waals surface area contributed by atoms with E-state index in [4.69, 9.17) is 14.5 Å². The Morgan fingerprint density at radius 1 is 0.853 bits per heavy atom. The Balaban J connectivity index is 1.08. The van der Waals surface area contributed by atoms with Crippen molar-refractivity contribution in [3.63, 3.8) is 0 Å². The summed E-state index contributed by atoms with van der Waals surface area (Å²) in [5, 5.41) is 0.928. The highest BCUT2D eigenvalue weighted by Crippen LogP contribution is 2.35. The zero-order valence-electron chi connectivity index (χ0n) is 18.2. The Hall–Kier alpha value is -3.43. The van der Waals surface area contributed by atoms with Gasteiger partial charge in [-0.1, -0.05) is 24.3 Å². The highest BCUT2D eigenvalue weighted by molar-refractivity contribution is 7.26. The van der Waals surface area contributed by atoms with Crippen LogP contribution in [0.5, 0.6) is 11.5 Å². The Morgan fingerprint density at radius 3 is 2.41 bits per heavy atom. The SMILES string of the molecule is O=C(c1ccc(-c2nc3ccccc3s2)s1)N1CCN(C(=O)C2COc3ccccc3O2)CC1. The van der Waals surface area contributed by atoms with E-state index in [0.717, 1.165) is 20.1 Å². The first-order chi connectivity index (χ1) is 16.7. The van der Waals surface area contributed by atoms with Crippen molar-refractivity contribution in [3.05, 3.63) is 65.5 Å². The number of para-hydroxylation sites is 3. The lowest BCUT2D eigenvalue weighted by Crippen LogP contribution is -2.55. The Morgan fingerprint density at radius 2 is 1.59 bits per heavy atom. The quantitative estimate of drug-likeness (QED) is 0.431. The van der Waals surface area contributed by atoms with E-state index in [1.807, 2.05) is 53.4 Å². The van der Waals surface area contributed by atoms with Crippen LogP contribution in [0.1, 0.15) is 9.67 Å². The van der Waals surface area contributed by atoms with Gasteiger partial charge in [-0.15, -0.1) is 22.7 Å². The van der Waals surface area contributed by atoms with Crippen molar-refractivity contribution < 1.29 is 19.1 Å². The second-order valence-corrected chi connectivity index (χ2v) is 10.2. The van der Waals surface area contributed by atoms with Crippen LogP contribution < -0.4 is 9.47 Å². The molecule has 9 heteroatoms. The van der Waals surface area contributed by atoms with Gasteiger partial charge in [-0.25, -0.2) is 4.98 Å². The molecule has 0 spiro atoms. The number of hydrogen-bond donors (Lipinski definition) is 0. The lowest BCUT2D eigenvalue weighted by molar-refractivity contribution is -0.142. The fourth-order valence-electron chi connectivity index (χ4n) is 4.18. The molecule has 4 heterocycles. The number of carbonyl (C=O) groups excluding carboxylic acids is 2. The van der Waals surface area contributed by atoms with Crippen LogP contribution in [0.3, 0.4) is 0 Å². The van der Waals surface area contributed by atoms with E-state index in [2.05, 4.69) is 6.07 Å². The van der Waals surface area contributed by atoms with Crippen molar-refractivity contribution in [2.75, 3.05) is 32.8 Å². The lowest BCUT2D eigenvalue weighted by Gasteiger charge is -2.37. The van der Waals surface area contributed by atoms with E-state index in [0.29, 0.717) is 42.6 Å². The molecule has 0 N–H and O–H groups in total. The molecule has 6 rings (SSSR count). The first-order valence-corrected chi connectivity index (χ1v) is 12.7. The lowest BCUT2D eigenvalue weighted by atomic mass is 10.2. The van der Waals surface area contributed by atoms with Gasteiger partial charge in [0.2, 0.25) is 6.10 Å². The van der Waals surface area contributed by atoms with Crippen molar-refractivity contribution in [2.24, 2.45) is 0 Å². The van der Waals surface area contributed by atoms with Gasteiger partial charge in [0.05, 0.1) is 20.0 Å². The van der Waals surface area contributed by atoms with Gasteiger partial charge < -0.3 is 19.3 Å². The summed E-state index contributed by atoms with van der Waals surface area (Å²) in [7, 11) is 0. The van der Waals surface area contributed by atoms with Crippen LogP contribution in [0.2, 0.25) is 0 Å². The Kier molecular flexibility index (Phi) is 5.43. The maximum atomic E-state index is 13.1. The maximum absolute atomic E-state index is 13.1. The van der Waals surface area contributed by atoms with Gasteiger partial charge in [0, 0.05) is 26.2 Å². The predicted octanol–water partition coefficient (Wildman–Crippen LogP) is 4.15. The number of fused-ring (bicyclic) bond motifs is 2. The molecule has 0 radical (unpaired) electrons. The summed E-state index contributed by atoms with van der Waals surface area (Å²) in [5.74, 6) is 1.14. The minimum absolute atomic E-state index is 0.00404. The molecule has 2 aromatic carbocycles. The summed E-state index contributed by atoms with van der Waals surface area (Å²) >= 11 is 3.10. The van der Waals surface area contributed by atoms with Crippen molar-refractivity contribution in [1.82, 2.24) is 14.8 Å². The Labute approximate surface area is 204 Å². The van der Waals surface area contributed by atoms with Crippen LogP contribution in [0.4, 0.5) is 0 Å². The van der Waals surface area contributed by atoms with Gasteiger partial charge in [0.25, 0.3) is 11.8 Å². The van der Waals surface area contributed by atoms with Crippen molar-refractivity contribution in [2.45, 2.75) is 6.10 Å². The molecule has 34 heavy (non-hydrogen) atoms. The Bertz CT molecular complexity index is 1340. The first-order valence-electron chi connectivity index (χ1n) is 11.1. The van der Waals surface area contributed by atoms with Crippen LogP contribution >= 0.6 is 22.7 Å². The number of piperazine rings is 1. The summed E-state index contributed by atoms with van der Waals surface area (Å²) in [6.45, 7) is 2.12. The maximum Gasteiger partial charge on any atom is 0.267 e. The number of nitrogens with zero attached hydrogens (tertiary/aromatic N) is 3. The highest BCUT2D eigenvalue weighted by Gasteiger charge is 2.33. The third-order valence-corrected chi connectivity index (χ3v) is 8.26. The largest absolute Gasteiger partial charge is 0.485 e. The van der Waals surface area contributed by atoms with E-state index in [-0.39, 0.29) is 18.4 Å². The molecular weight excluding hydrogens is 470 g/mol. The number of hydrogen-bond acceptors (Lipinski definition) is 7. The molecule has 2 aromatic heterocycles. The van der Waals surface area contributed by atoms with E-state index in [1.54, 1.807) is 22.3 Å². The molecule has 1 fully saturated rings. The van der Waals surface area contributed by atoms with Gasteiger partial charge in [-0.05, 0) is 36.4 Å². The molecule has 172 valence electrons. The molecule has 0 aliphatic carbocycles. The zero-order chi connectivity index (χ0) is 23.1. The van der Waals surface area contributed by atoms with Crippen LogP contribution in [-0.2, 0) is 4.79 Å². The third-order valence-electron chi connectivity index (χ3n) is 5.98. The van der Waals surface area contributed by atoms with E-state index < -0.39 is 6.10 Å². The molecule has 0 bridgehead atoms. The zero-order valence-corrected chi connectivity index (χ0v) is 19.8. The number of thiophene rings is 1. The second kappa shape index (κ2) is 8.73. The predicted molar refractivity (Wildman–Crippen MR) is 132 cm³/mol. The first kappa shape index (κ1) is 21.1. The molecule has 2 aliphatic heterocycles. The summed E-state index contributed by atoms with van der Waals surface area (Å²) in [4.78, 5) is 36.0. The number of thiazole rings is 1. The summed E-state index contributed by atoms with van der Waals surface area (Å²) < 4.78 is 12.7. The number of rotatable bonds is 3. The molecule has 7 nitrogen and oxygen atoms in total. The molecular formula is C25H21N3O4S2. The average Bonchev–Trinajstić information content (AvgIpc) is 3.55. The van der Waals surface area contributed by atoms with Crippen molar-refractivity contribution >= 4 is 44.7 Å². The van der Waals surface area contributed by atoms with Crippen LogP contribution in [0.25, 0.3) is 20.1 Å². The molecule has 1 unspecified atom stereocenters. The number of carbonyl (C=O) groups is 2. The second-order valence-electron chi connectivity index (χ2n) is 8.13. The van der Waals surface area contributed by atoms with Gasteiger partial charge in [0.15, 0.2) is 11.5 Å². The fraction of sp³-hybridized carbons (Fsp3) is 0.240. The summed E-state index contributed by atoms with van der Waals surface area (Å²) in [5.41, 5.74) is 0.973. The molecule has 2 amide bonds. The number of amides is 2. The summed E-state index contributed by atoms with van der Waals surface area (Å²) in [6.07, 6.45) is -0.661. The molecule has 1 atom stereocenters. The number of aromatic nitrogens is 1. The number of benzene rings is 2. The van der Waals surface area contributed by atoms with Gasteiger partial charge in [-0.3, -0.25) is 9.59 Å². The fourth-order valence-corrected chi connectivity index (χ4v) is 6.17. The third kappa shape index (κ3) is 3.91. The van der Waals surface area contributed by atoms with Crippen LogP contribution in [0, 0.1) is 0 Å². The average molecular weight is 492 g/mol. The van der Waals surface area contributed by atoms with Gasteiger partial charge >= 0.3 is 0 Å². The van der Waals surface area contributed by atoms with Crippen LogP contribution in [0.15, 0.2) is 60.7 Å². The van der Waals surface area contributed by atoms with Crippen molar-refractivity contribution in [1.29, 1.82) is 0 Å². The minimum Gasteiger partial charge on any atom is -0.485 e. The minimum atomic E-state index is -0.661. The topological polar surface area (TPSA) is 72.0 Å². The standard InChI is InChI=1S/C25H21N3O4S2/c29-24(19-15-31-17-6-2-3-7-18(17)32-19)27-11-13-28(14-12-27)25(30)22-10-9-21(33-22)23-26-16-5-1-4-8-20(16)34-23/h1-10,19H,11-15H2. The van der Waals surface area contributed by atoms with E-state index in [9.17, 15) is 9.59 Å². The monoisotopic (exact) mass is 491 g/mol. The van der Waals surface area contributed by atoms with E-state index >= 15 is 0 Å². The van der Waals surface area contributed by atoms with Crippen LogP contribution in [-0.4, -0.2) is 65.5 Å². The number of ether oxygens (including phenoxy) is 2. The molecule has 1 saturated heterocycles. The van der Waals surface area contributed by atoms with Gasteiger partial charge in [-0.2, -0.15) is 0 Å². The van der Waals surface area contributed by atoms with Crippen molar-refractivity contribution in [3.8, 4) is 21.4 Å². The highest BCUT2D eigenvalue weighted by atomic mass is 32.1. The molecule has 2 aliphatic rings. The molecule has 4 aromatic rings. The summed E-state index contributed by atoms with van der Waals surface area (Å²) in [6, 6.07) is 19.2. The smallest absolute Gasteiger partial charge is 0.267 e.